The molecule has 1 rings (SSSR count). The minimum absolute atomic E-state index is 0.0615. The van der Waals surface area contributed by atoms with Gasteiger partial charge < -0.3 is 20.1 Å². The normalized spacial score (nSPS) is 24.9. The molecule has 0 aromatic carbocycles. The number of halogens is 3. The summed E-state index contributed by atoms with van der Waals surface area (Å²) in [6.07, 6.45) is -4.52. The quantitative estimate of drug-likeness (QED) is 0.741. The molecule has 5 nitrogen and oxygen atoms in total. The van der Waals surface area contributed by atoms with Gasteiger partial charge in [-0.15, -0.1) is 0 Å². The lowest BCUT2D eigenvalue weighted by atomic mass is 10.2. The largest absolute Gasteiger partial charge is 0.405 e. The van der Waals surface area contributed by atoms with E-state index < -0.39 is 25.2 Å². The zero-order valence-electron chi connectivity index (χ0n) is 10.0. The Balaban J connectivity index is 2.08. The summed E-state index contributed by atoms with van der Waals surface area (Å²) in [6.45, 7) is 1.70. The van der Waals surface area contributed by atoms with Crippen molar-refractivity contribution in [1.82, 2.24) is 10.6 Å². The number of hydrogen-bond acceptors (Lipinski definition) is 4. The summed E-state index contributed by atoms with van der Waals surface area (Å²) in [7, 11) is 0. The molecule has 0 aromatic heterocycles. The average Bonchev–Trinajstić information content (AvgIpc) is 2.25. The molecule has 1 heterocycles. The standard InChI is InChI=1S/C10H17F3N2O3/c1-7-2-14-3-8(18-7)4-17-5-9(16)15-6-10(11,12)13/h7-8,14H,2-6H2,1H3,(H,15,16). The van der Waals surface area contributed by atoms with Crippen molar-refractivity contribution in [2.45, 2.75) is 25.3 Å². The third kappa shape index (κ3) is 6.77. The summed E-state index contributed by atoms with van der Waals surface area (Å²) in [6, 6.07) is 0. The van der Waals surface area contributed by atoms with Crippen molar-refractivity contribution in [2.75, 3.05) is 32.8 Å². The Bertz CT molecular complexity index is 274. The molecule has 8 heteroatoms. The highest BCUT2D eigenvalue weighted by atomic mass is 19.4. The zero-order valence-corrected chi connectivity index (χ0v) is 10.0. The van der Waals surface area contributed by atoms with Gasteiger partial charge in [0.25, 0.3) is 0 Å². The fraction of sp³-hybridized carbons (Fsp3) is 0.900. The van der Waals surface area contributed by atoms with Gasteiger partial charge >= 0.3 is 6.18 Å². The van der Waals surface area contributed by atoms with Crippen molar-refractivity contribution in [3.8, 4) is 0 Å². The number of ether oxygens (including phenoxy) is 2. The molecule has 2 unspecified atom stereocenters. The number of carbonyl (C=O) groups excluding carboxylic acids is 1. The van der Waals surface area contributed by atoms with Crippen molar-refractivity contribution < 1.29 is 27.4 Å². The molecular weight excluding hydrogens is 253 g/mol. The van der Waals surface area contributed by atoms with Crippen LogP contribution >= 0.6 is 0 Å². The molecule has 0 spiro atoms. The molecule has 0 aliphatic carbocycles. The van der Waals surface area contributed by atoms with Crippen molar-refractivity contribution >= 4 is 5.91 Å². The summed E-state index contributed by atoms with van der Waals surface area (Å²) < 4.78 is 45.9. The fourth-order valence-electron chi connectivity index (χ4n) is 1.50. The van der Waals surface area contributed by atoms with Gasteiger partial charge in [-0.25, -0.2) is 0 Å². The average molecular weight is 270 g/mol. The van der Waals surface area contributed by atoms with Crippen LogP contribution in [0.25, 0.3) is 0 Å². The van der Waals surface area contributed by atoms with E-state index in [1.165, 1.54) is 0 Å². The highest BCUT2D eigenvalue weighted by Gasteiger charge is 2.27. The van der Waals surface area contributed by atoms with Gasteiger partial charge in [0.05, 0.1) is 18.8 Å². The van der Waals surface area contributed by atoms with Gasteiger partial charge in [0.15, 0.2) is 0 Å². The van der Waals surface area contributed by atoms with E-state index in [0.29, 0.717) is 6.54 Å². The molecule has 0 saturated carbocycles. The number of hydrogen-bond donors (Lipinski definition) is 2. The molecule has 0 bridgehead atoms. The molecule has 1 aliphatic heterocycles. The lowest BCUT2D eigenvalue weighted by Gasteiger charge is -2.28. The van der Waals surface area contributed by atoms with E-state index in [1.807, 2.05) is 6.92 Å². The molecule has 1 fully saturated rings. The van der Waals surface area contributed by atoms with E-state index in [4.69, 9.17) is 9.47 Å². The van der Waals surface area contributed by atoms with Crippen LogP contribution in [0.2, 0.25) is 0 Å². The second-order valence-electron chi connectivity index (χ2n) is 4.13. The first-order valence-corrected chi connectivity index (χ1v) is 5.64. The third-order valence-corrected chi connectivity index (χ3v) is 2.25. The molecule has 1 amide bonds. The van der Waals surface area contributed by atoms with Crippen molar-refractivity contribution in [3.05, 3.63) is 0 Å². The maximum atomic E-state index is 11.8. The van der Waals surface area contributed by atoms with E-state index in [0.717, 1.165) is 6.54 Å². The molecule has 18 heavy (non-hydrogen) atoms. The summed E-state index contributed by atoms with van der Waals surface area (Å²) in [5, 5.41) is 4.84. The second-order valence-corrected chi connectivity index (χ2v) is 4.13. The predicted octanol–water partition coefficient (Wildman–Crippen LogP) is 0.0584. The molecule has 106 valence electrons. The number of rotatable bonds is 5. The van der Waals surface area contributed by atoms with Crippen LogP contribution in [-0.2, 0) is 14.3 Å². The van der Waals surface area contributed by atoms with E-state index in [-0.39, 0.29) is 18.8 Å². The second kappa shape index (κ2) is 6.91. The van der Waals surface area contributed by atoms with Crippen LogP contribution in [-0.4, -0.2) is 57.1 Å². The number of carbonyl (C=O) groups is 1. The van der Waals surface area contributed by atoms with Gasteiger partial charge in [0, 0.05) is 13.1 Å². The number of morpholine rings is 1. The Morgan fingerprint density at radius 3 is 2.83 bits per heavy atom. The Morgan fingerprint density at radius 1 is 1.50 bits per heavy atom. The Morgan fingerprint density at radius 2 is 2.22 bits per heavy atom. The molecule has 1 aliphatic rings. The smallest absolute Gasteiger partial charge is 0.370 e. The summed E-state index contributed by atoms with van der Waals surface area (Å²) in [4.78, 5) is 11.0. The Hall–Kier alpha value is -0.860. The van der Waals surface area contributed by atoms with Crippen molar-refractivity contribution in [2.24, 2.45) is 0 Å². The Kier molecular flexibility index (Phi) is 5.83. The van der Waals surface area contributed by atoms with Gasteiger partial charge in [-0.2, -0.15) is 13.2 Å². The van der Waals surface area contributed by atoms with E-state index in [9.17, 15) is 18.0 Å². The number of alkyl halides is 3. The van der Waals surface area contributed by atoms with Crippen LogP contribution in [0.15, 0.2) is 0 Å². The topological polar surface area (TPSA) is 59.6 Å². The lowest BCUT2D eigenvalue weighted by Crippen LogP contribution is -2.45. The lowest BCUT2D eigenvalue weighted by molar-refractivity contribution is -0.142. The first-order valence-electron chi connectivity index (χ1n) is 5.64. The molecule has 2 N–H and O–H groups in total. The monoisotopic (exact) mass is 270 g/mol. The van der Waals surface area contributed by atoms with Gasteiger partial charge in [-0.05, 0) is 6.92 Å². The van der Waals surface area contributed by atoms with E-state index >= 15 is 0 Å². The maximum absolute atomic E-state index is 11.8. The number of nitrogens with one attached hydrogen (secondary N) is 2. The maximum Gasteiger partial charge on any atom is 0.405 e. The minimum Gasteiger partial charge on any atom is -0.370 e. The minimum atomic E-state index is -4.40. The molecule has 0 aromatic rings. The molecule has 1 saturated heterocycles. The first-order chi connectivity index (χ1) is 8.37. The molecular formula is C10H17F3N2O3. The molecule has 2 atom stereocenters. The van der Waals surface area contributed by atoms with Gasteiger partial charge in [0.2, 0.25) is 5.91 Å². The van der Waals surface area contributed by atoms with Crippen LogP contribution < -0.4 is 10.6 Å². The van der Waals surface area contributed by atoms with Crippen molar-refractivity contribution in [1.29, 1.82) is 0 Å². The van der Waals surface area contributed by atoms with Crippen LogP contribution in [0, 0.1) is 0 Å². The molecule has 0 radical (unpaired) electrons. The van der Waals surface area contributed by atoms with E-state index in [2.05, 4.69) is 5.32 Å². The van der Waals surface area contributed by atoms with Crippen LogP contribution in [0.4, 0.5) is 13.2 Å². The predicted molar refractivity (Wildman–Crippen MR) is 57.1 cm³/mol. The van der Waals surface area contributed by atoms with Crippen LogP contribution in [0.3, 0.4) is 0 Å². The third-order valence-electron chi connectivity index (χ3n) is 2.25. The van der Waals surface area contributed by atoms with Crippen LogP contribution in [0.1, 0.15) is 6.92 Å². The number of amides is 1. The van der Waals surface area contributed by atoms with Gasteiger partial charge in [-0.1, -0.05) is 0 Å². The summed E-state index contributed by atoms with van der Waals surface area (Å²) in [5.41, 5.74) is 0. The highest BCUT2D eigenvalue weighted by molar-refractivity contribution is 5.77. The fourth-order valence-corrected chi connectivity index (χ4v) is 1.50. The summed E-state index contributed by atoms with van der Waals surface area (Å²) >= 11 is 0. The highest BCUT2D eigenvalue weighted by Crippen LogP contribution is 2.11. The SMILES string of the molecule is CC1CNCC(COCC(=O)NCC(F)(F)F)O1. The summed E-state index contributed by atoms with van der Waals surface area (Å²) in [5.74, 6) is -0.788. The van der Waals surface area contributed by atoms with E-state index in [1.54, 1.807) is 5.32 Å². The van der Waals surface area contributed by atoms with Crippen molar-refractivity contribution in [3.63, 3.8) is 0 Å². The van der Waals surface area contributed by atoms with Gasteiger partial charge in [-0.3, -0.25) is 4.79 Å². The van der Waals surface area contributed by atoms with Crippen LogP contribution in [0.5, 0.6) is 0 Å². The Labute approximate surface area is 103 Å². The zero-order chi connectivity index (χ0) is 13.6. The first kappa shape index (κ1) is 15.2. The van der Waals surface area contributed by atoms with Gasteiger partial charge in [0.1, 0.15) is 13.2 Å².